The molecule has 1 N–H and O–H groups in total. The fraction of sp³-hybridized carbons (Fsp3) is 0.429. The molecule has 3 atom stereocenters. The molecule has 2 fully saturated rings. The van der Waals surface area contributed by atoms with Gasteiger partial charge in [0.15, 0.2) is 0 Å². The van der Waals surface area contributed by atoms with Crippen molar-refractivity contribution in [3.05, 3.63) is 34.5 Å². The highest BCUT2D eigenvalue weighted by molar-refractivity contribution is 5.94. The number of benzene rings is 1. The highest BCUT2D eigenvalue weighted by Crippen LogP contribution is 2.49. The number of nitro benzene ring substituents is 1. The Morgan fingerprint density at radius 2 is 2.29 bits per heavy atom. The van der Waals surface area contributed by atoms with Crippen LogP contribution in [0, 0.1) is 22.0 Å². The second-order valence-corrected chi connectivity index (χ2v) is 5.83. The first-order valence-corrected chi connectivity index (χ1v) is 7.02. The molecule has 0 radical (unpaired) electrons. The SMILES string of the molecule is O=[N+]([O-])c1ccc2cnn([C@H]3/C(=N\O)[C@H]4CC[C@@H]3C4)c2c1. The molecule has 2 bridgehead atoms. The summed E-state index contributed by atoms with van der Waals surface area (Å²) in [6.45, 7) is 0. The second kappa shape index (κ2) is 4.28. The van der Waals surface area contributed by atoms with E-state index in [9.17, 15) is 15.3 Å². The zero-order valence-corrected chi connectivity index (χ0v) is 11.2. The van der Waals surface area contributed by atoms with Crippen molar-refractivity contribution >= 4 is 22.3 Å². The van der Waals surface area contributed by atoms with E-state index in [2.05, 4.69) is 10.3 Å². The molecule has 0 unspecified atom stereocenters. The lowest BCUT2D eigenvalue weighted by Crippen LogP contribution is -2.26. The van der Waals surface area contributed by atoms with Gasteiger partial charge in [-0.1, -0.05) is 5.16 Å². The van der Waals surface area contributed by atoms with E-state index < -0.39 is 4.92 Å². The van der Waals surface area contributed by atoms with Crippen LogP contribution in [0.25, 0.3) is 10.9 Å². The maximum absolute atomic E-state index is 11.0. The van der Waals surface area contributed by atoms with Crippen molar-refractivity contribution in [3.8, 4) is 0 Å². The molecule has 1 heterocycles. The van der Waals surface area contributed by atoms with E-state index >= 15 is 0 Å². The van der Waals surface area contributed by atoms with Crippen molar-refractivity contribution in [2.24, 2.45) is 17.0 Å². The topological polar surface area (TPSA) is 93.5 Å². The third-order valence-corrected chi connectivity index (χ3v) is 4.81. The molecule has 1 aromatic heterocycles. The van der Waals surface area contributed by atoms with Gasteiger partial charge in [-0.15, -0.1) is 0 Å². The van der Waals surface area contributed by atoms with Crippen LogP contribution < -0.4 is 0 Å². The van der Waals surface area contributed by atoms with Crippen molar-refractivity contribution in [1.82, 2.24) is 9.78 Å². The van der Waals surface area contributed by atoms with E-state index in [0.717, 1.165) is 35.9 Å². The maximum atomic E-state index is 11.0. The fourth-order valence-electron chi connectivity index (χ4n) is 3.88. The molecule has 2 aliphatic rings. The fourth-order valence-corrected chi connectivity index (χ4v) is 3.88. The summed E-state index contributed by atoms with van der Waals surface area (Å²) in [7, 11) is 0. The van der Waals surface area contributed by atoms with Crippen molar-refractivity contribution < 1.29 is 10.1 Å². The molecule has 21 heavy (non-hydrogen) atoms. The lowest BCUT2D eigenvalue weighted by atomic mass is 9.93. The number of nitro groups is 1. The van der Waals surface area contributed by atoms with Gasteiger partial charge in [-0.2, -0.15) is 5.10 Å². The van der Waals surface area contributed by atoms with Crippen LogP contribution in [-0.4, -0.2) is 25.6 Å². The summed E-state index contributed by atoms with van der Waals surface area (Å²) in [5.41, 5.74) is 1.54. The summed E-state index contributed by atoms with van der Waals surface area (Å²) in [4.78, 5) is 10.6. The molecule has 2 aromatic rings. The lowest BCUT2D eigenvalue weighted by Gasteiger charge is -2.23. The molecular weight excluding hydrogens is 272 g/mol. The molecular formula is C14H14N4O3. The minimum atomic E-state index is -0.404. The van der Waals surface area contributed by atoms with Crippen LogP contribution in [0.15, 0.2) is 29.6 Å². The third kappa shape index (κ3) is 1.66. The van der Waals surface area contributed by atoms with Crippen LogP contribution in [0.3, 0.4) is 0 Å². The van der Waals surface area contributed by atoms with E-state index in [4.69, 9.17) is 0 Å². The number of fused-ring (bicyclic) bond motifs is 3. The Bertz CT molecular complexity index is 767. The molecule has 7 nitrogen and oxygen atoms in total. The van der Waals surface area contributed by atoms with Gasteiger partial charge in [-0.25, -0.2) is 0 Å². The number of rotatable bonds is 2. The van der Waals surface area contributed by atoms with Gasteiger partial charge in [-0.05, 0) is 31.2 Å². The highest BCUT2D eigenvalue weighted by atomic mass is 16.6. The monoisotopic (exact) mass is 286 g/mol. The average Bonchev–Trinajstić information content (AvgIpc) is 3.19. The summed E-state index contributed by atoms with van der Waals surface area (Å²) in [5, 5.41) is 29.0. The van der Waals surface area contributed by atoms with Crippen LogP contribution in [0.5, 0.6) is 0 Å². The highest BCUT2D eigenvalue weighted by Gasteiger charge is 2.47. The summed E-state index contributed by atoms with van der Waals surface area (Å²) in [5.74, 6) is 0.728. The van der Waals surface area contributed by atoms with Gasteiger partial charge >= 0.3 is 0 Å². The van der Waals surface area contributed by atoms with Gasteiger partial charge in [0.1, 0.15) is 0 Å². The lowest BCUT2D eigenvalue weighted by molar-refractivity contribution is -0.384. The minimum Gasteiger partial charge on any atom is -0.411 e. The predicted molar refractivity (Wildman–Crippen MR) is 75.5 cm³/mol. The Morgan fingerprint density at radius 1 is 1.43 bits per heavy atom. The number of oxime groups is 1. The molecule has 2 aliphatic carbocycles. The van der Waals surface area contributed by atoms with Crippen LogP contribution >= 0.6 is 0 Å². The van der Waals surface area contributed by atoms with Gasteiger partial charge in [0, 0.05) is 23.4 Å². The van der Waals surface area contributed by atoms with Gasteiger partial charge in [-0.3, -0.25) is 14.8 Å². The first-order chi connectivity index (χ1) is 10.2. The van der Waals surface area contributed by atoms with Gasteiger partial charge in [0.2, 0.25) is 0 Å². The molecule has 4 rings (SSSR count). The van der Waals surface area contributed by atoms with E-state index in [1.807, 2.05) is 0 Å². The molecule has 0 aliphatic heterocycles. The Labute approximate surface area is 120 Å². The first-order valence-electron chi connectivity index (χ1n) is 7.02. The number of nitrogens with zero attached hydrogens (tertiary/aromatic N) is 4. The Balaban J connectivity index is 1.87. The quantitative estimate of drug-likeness (QED) is 0.521. The van der Waals surface area contributed by atoms with Crippen LogP contribution in [0.2, 0.25) is 0 Å². The average molecular weight is 286 g/mol. The summed E-state index contributed by atoms with van der Waals surface area (Å²) >= 11 is 0. The van der Waals surface area contributed by atoms with Crippen LogP contribution in [0.1, 0.15) is 25.3 Å². The second-order valence-electron chi connectivity index (χ2n) is 5.83. The number of hydrogen-bond acceptors (Lipinski definition) is 5. The van der Waals surface area contributed by atoms with E-state index in [1.165, 1.54) is 6.07 Å². The van der Waals surface area contributed by atoms with Crippen LogP contribution in [-0.2, 0) is 0 Å². The zero-order chi connectivity index (χ0) is 14.6. The first kappa shape index (κ1) is 12.3. The van der Waals surface area contributed by atoms with Crippen LogP contribution in [0.4, 0.5) is 5.69 Å². The normalized spacial score (nSPS) is 29.5. The zero-order valence-electron chi connectivity index (χ0n) is 11.2. The van der Waals surface area contributed by atoms with E-state index in [-0.39, 0.29) is 11.7 Å². The third-order valence-electron chi connectivity index (χ3n) is 4.81. The molecule has 0 saturated heterocycles. The summed E-state index contributed by atoms with van der Waals surface area (Å²) in [6, 6.07) is 4.66. The molecule has 2 saturated carbocycles. The predicted octanol–water partition coefficient (Wildman–Crippen LogP) is 2.75. The van der Waals surface area contributed by atoms with Gasteiger partial charge in [0.25, 0.3) is 5.69 Å². The number of hydrogen-bond donors (Lipinski definition) is 1. The summed E-state index contributed by atoms with van der Waals surface area (Å²) < 4.78 is 1.79. The van der Waals surface area contributed by atoms with Crippen molar-refractivity contribution in [2.75, 3.05) is 0 Å². The standard InChI is InChI=1S/C14H14N4O3/c19-16-13-8-1-2-9(5-8)14(13)17-12-6-11(18(20)21)4-3-10(12)7-15-17/h3-4,6-9,14,19H,1-2,5H2/b16-13-/t8-,9+,14+/m0/s1. The Kier molecular flexibility index (Phi) is 2.51. The van der Waals surface area contributed by atoms with Gasteiger partial charge < -0.3 is 5.21 Å². The molecule has 7 heteroatoms. The number of non-ortho nitro benzene ring substituents is 1. The number of aromatic nitrogens is 2. The molecule has 1 aromatic carbocycles. The van der Waals surface area contributed by atoms with E-state index in [1.54, 1.807) is 23.0 Å². The smallest absolute Gasteiger partial charge is 0.271 e. The van der Waals surface area contributed by atoms with E-state index in [0.29, 0.717) is 11.8 Å². The Hall–Kier alpha value is -2.44. The largest absolute Gasteiger partial charge is 0.411 e. The minimum absolute atomic E-state index is 0.0508. The van der Waals surface area contributed by atoms with Crippen molar-refractivity contribution in [1.29, 1.82) is 0 Å². The Morgan fingerprint density at radius 3 is 3.05 bits per heavy atom. The van der Waals surface area contributed by atoms with Crippen molar-refractivity contribution in [2.45, 2.75) is 25.3 Å². The molecule has 0 amide bonds. The molecule has 0 spiro atoms. The van der Waals surface area contributed by atoms with Crippen molar-refractivity contribution in [3.63, 3.8) is 0 Å². The summed E-state index contributed by atoms with van der Waals surface area (Å²) in [6.07, 6.45) is 4.87. The maximum Gasteiger partial charge on any atom is 0.271 e. The van der Waals surface area contributed by atoms with Gasteiger partial charge in [0.05, 0.1) is 28.4 Å². The molecule has 108 valence electrons.